The van der Waals surface area contributed by atoms with Crippen LogP contribution in [-0.2, 0) is 19.3 Å². The zero-order chi connectivity index (χ0) is 13.4. The molecule has 2 heteroatoms. The Labute approximate surface area is 120 Å². The van der Waals surface area contributed by atoms with Crippen molar-refractivity contribution in [2.24, 2.45) is 0 Å². The fraction of sp³-hybridized carbons (Fsp3) is 0.444. The summed E-state index contributed by atoms with van der Waals surface area (Å²) in [6.07, 6.45) is 10.5. The fourth-order valence-corrected chi connectivity index (χ4v) is 3.74. The highest BCUT2D eigenvalue weighted by Gasteiger charge is 2.23. The number of furan rings is 1. The molecule has 0 saturated heterocycles. The lowest BCUT2D eigenvalue weighted by Crippen LogP contribution is -2.17. The molecular formula is C18H21NO. The number of nitrogens with one attached hydrogen (secondary N) is 1. The van der Waals surface area contributed by atoms with Crippen molar-refractivity contribution < 1.29 is 4.42 Å². The molecule has 2 aliphatic carbocycles. The number of aryl methyl sites for hydroxylation is 2. The van der Waals surface area contributed by atoms with E-state index in [4.69, 9.17) is 4.42 Å². The molecule has 0 aliphatic heterocycles. The maximum Gasteiger partial charge on any atom is 0.109 e. The molecule has 0 amide bonds. The van der Waals surface area contributed by atoms with E-state index in [9.17, 15) is 0 Å². The number of hydrogen-bond acceptors (Lipinski definition) is 2. The average Bonchev–Trinajstić information content (AvgIpc) is 2.97. The lowest BCUT2D eigenvalue weighted by molar-refractivity contribution is 0.461. The minimum Gasteiger partial charge on any atom is -0.469 e. The van der Waals surface area contributed by atoms with Crippen LogP contribution in [0.3, 0.4) is 0 Å². The maximum absolute atomic E-state index is 5.60. The molecule has 1 N–H and O–H groups in total. The van der Waals surface area contributed by atoms with Crippen molar-refractivity contribution in [3.8, 4) is 0 Å². The Hall–Kier alpha value is -1.70. The van der Waals surface area contributed by atoms with Crippen LogP contribution in [0.2, 0.25) is 0 Å². The summed E-state index contributed by atoms with van der Waals surface area (Å²) in [5.41, 5.74) is 5.81. The minimum atomic E-state index is 0.422. The molecule has 0 bridgehead atoms. The predicted molar refractivity (Wildman–Crippen MR) is 81.1 cm³/mol. The summed E-state index contributed by atoms with van der Waals surface area (Å²) in [6, 6.07) is 9.31. The summed E-state index contributed by atoms with van der Waals surface area (Å²) in [5.74, 6) is 1.18. The standard InChI is InChI=1S/C18H21NO/c1-2-7-14-13(5-1)6-3-8-16(14)19-17-9-4-10-18-15(17)11-12-20-18/h3,6,8,11-12,17,19H,1-2,4-5,7,9-10H2. The van der Waals surface area contributed by atoms with E-state index in [0.717, 1.165) is 6.42 Å². The molecule has 1 aromatic carbocycles. The van der Waals surface area contributed by atoms with Crippen molar-refractivity contribution in [2.75, 3.05) is 5.32 Å². The molecule has 20 heavy (non-hydrogen) atoms. The molecule has 1 unspecified atom stereocenters. The molecule has 1 heterocycles. The van der Waals surface area contributed by atoms with Gasteiger partial charge in [0.25, 0.3) is 0 Å². The Balaban J connectivity index is 1.65. The van der Waals surface area contributed by atoms with Crippen LogP contribution in [-0.4, -0.2) is 0 Å². The van der Waals surface area contributed by atoms with Crippen molar-refractivity contribution in [1.82, 2.24) is 0 Å². The van der Waals surface area contributed by atoms with Crippen LogP contribution in [0.4, 0.5) is 5.69 Å². The van der Waals surface area contributed by atoms with E-state index in [-0.39, 0.29) is 0 Å². The van der Waals surface area contributed by atoms with Gasteiger partial charge in [0, 0.05) is 17.7 Å². The molecule has 0 saturated carbocycles. The molecule has 2 aromatic rings. The highest BCUT2D eigenvalue weighted by molar-refractivity contribution is 5.57. The van der Waals surface area contributed by atoms with Crippen LogP contribution in [0, 0.1) is 0 Å². The number of anilines is 1. The van der Waals surface area contributed by atoms with Gasteiger partial charge in [0.1, 0.15) is 5.76 Å². The average molecular weight is 267 g/mol. The molecule has 2 nitrogen and oxygen atoms in total. The summed E-state index contributed by atoms with van der Waals surface area (Å²) < 4.78 is 5.60. The van der Waals surface area contributed by atoms with E-state index in [0.29, 0.717) is 6.04 Å². The third kappa shape index (κ3) is 2.04. The van der Waals surface area contributed by atoms with E-state index in [1.165, 1.54) is 55.5 Å². The topological polar surface area (TPSA) is 25.2 Å². The van der Waals surface area contributed by atoms with Gasteiger partial charge in [0.05, 0.1) is 12.3 Å². The first-order valence-corrected chi connectivity index (χ1v) is 7.85. The van der Waals surface area contributed by atoms with Crippen LogP contribution in [0.5, 0.6) is 0 Å². The van der Waals surface area contributed by atoms with Crippen molar-refractivity contribution >= 4 is 5.69 Å². The monoisotopic (exact) mass is 267 g/mol. The fourth-order valence-electron chi connectivity index (χ4n) is 3.74. The first kappa shape index (κ1) is 12.1. The third-order valence-electron chi connectivity index (χ3n) is 4.78. The van der Waals surface area contributed by atoms with Crippen molar-refractivity contribution in [3.05, 3.63) is 53.0 Å². The van der Waals surface area contributed by atoms with E-state index >= 15 is 0 Å². The van der Waals surface area contributed by atoms with Crippen molar-refractivity contribution in [3.63, 3.8) is 0 Å². The number of fused-ring (bicyclic) bond motifs is 2. The van der Waals surface area contributed by atoms with Crippen LogP contribution in [0.25, 0.3) is 0 Å². The van der Waals surface area contributed by atoms with E-state index < -0.39 is 0 Å². The molecule has 4 rings (SSSR count). The molecule has 104 valence electrons. The first-order chi connectivity index (χ1) is 9.92. The SMILES string of the molecule is c1cc2c(c(NC3CCCc4occc43)c1)CCCC2. The molecule has 1 aromatic heterocycles. The molecule has 0 radical (unpaired) electrons. The van der Waals surface area contributed by atoms with E-state index in [1.54, 1.807) is 11.1 Å². The molecule has 0 fully saturated rings. The van der Waals surface area contributed by atoms with Crippen LogP contribution in [0.15, 0.2) is 34.9 Å². The summed E-state index contributed by atoms with van der Waals surface area (Å²) in [4.78, 5) is 0. The highest BCUT2D eigenvalue weighted by atomic mass is 16.3. The molecular weight excluding hydrogens is 246 g/mol. The quantitative estimate of drug-likeness (QED) is 0.857. The maximum atomic E-state index is 5.60. The van der Waals surface area contributed by atoms with Gasteiger partial charge < -0.3 is 9.73 Å². The Kier molecular flexibility index (Phi) is 3.02. The summed E-state index contributed by atoms with van der Waals surface area (Å²) in [6.45, 7) is 0. The minimum absolute atomic E-state index is 0.422. The molecule has 1 atom stereocenters. The van der Waals surface area contributed by atoms with Gasteiger partial charge >= 0.3 is 0 Å². The van der Waals surface area contributed by atoms with Gasteiger partial charge in [-0.2, -0.15) is 0 Å². The zero-order valence-corrected chi connectivity index (χ0v) is 11.8. The van der Waals surface area contributed by atoms with Crippen molar-refractivity contribution in [1.29, 1.82) is 0 Å². The van der Waals surface area contributed by atoms with Gasteiger partial charge in [0.15, 0.2) is 0 Å². The van der Waals surface area contributed by atoms with E-state index in [2.05, 4.69) is 29.6 Å². The molecule has 0 spiro atoms. The predicted octanol–water partition coefficient (Wildman–Crippen LogP) is 4.65. The number of hydrogen-bond donors (Lipinski definition) is 1. The van der Waals surface area contributed by atoms with Crippen LogP contribution < -0.4 is 5.32 Å². The van der Waals surface area contributed by atoms with E-state index in [1.807, 2.05) is 6.26 Å². The zero-order valence-electron chi connectivity index (χ0n) is 11.8. The van der Waals surface area contributed by atoms with Gasteiger partial charge in [-0.3, -0.25) is 0 Å². The van der Waals surface area contributed by atoms with Gasteiger partial charge in [-0.15, -0.1) is 0 Å². The lowest BCUT2D eigenvalue weighted by Gasteiger charge is -2.27. The van der Waals surface area contributed by atoms with Gasteiger partial charge in [-0.05, 0) is 61.8 Å². The Morgan fingerprint density at radius 1 is 1.00 bits per heavy atom. The number of rotatable bonds is 2. The summed E-state index contributed by atoms with van der Waals surface area (Å²) in [5, 5.41) is 3.79. The Morgan fingerprint density at radius 3 is 2.95 bits per heavy atom. The molecule has 2 aliphatic rings. The van der Waals surface area contributed by atoms with Crippen LogP contribution in [0.1, 0.15) is 54.2 Å². The Morgan fingerprint density at radius 2 is 1.95 bits per heavy atom. The van der Waals surface area contributed by atoms with Crippen molar-refractivity contribution in [2.45, 2.75) is 51.0 Å². The largest absolute Gasteiger partial charge is 0.469 e. The van der Waals surface area contributed by atoms with Gasteiger partial charge in [0.2, 0.25) is 0 Å². The summed E-state index contributed by atoms with van der Waals surface area (Å²) in [7, 11) is 0. The van der Waals surface area contributed by atoms with Gasteiger partial charge in [-0.1, -0.05) is 12.1 Å². The second kappa shape index (κ2) is 5.01. The Bertz CT molecular complexity index is 614. The first-order valence-electron chi connectivity index (χ1n) is 7.85. The summed E-state index contributed by atoms with van der Waals surface area (Å²) >= 11 is 0. The highest BCUT2D eigenvalue weighted by Crippen LogP contribution is 2.36. The second-order valence-electron chi connectivity index (χ2n) is 6.04. The normalized spacial score (nSPS) is 21.1. The third-order valence-corrected chi connectivity index (χ3v) is 4.78. The number of benzene rings is 1. The van der Waals surface area contributed by atoms with Gasteiger partial charge in [-0.25, -0.2) is 0 Å². The van der Waals surface area contributed by atoms with Crippen LogP contribution >= 0.6 is 0 Å². The second-order valence-corrected chi connectivity index (χ2v) is 6.04. The smallest absolute Gasteiger partial charge is 0.109 e. The lowest BCUT2D eigenvalue weighted by atomic mass is 9.89.